The summed E-state index contributed by atoms with van der Waals surface area (Å²) in [4.78, 5) is 4.58. The third-order valence-corrected chi connectivity index (χ3v) is 5.87. The van der Waals surface area contributed by atoms with Gasteiger partial charge in [-0.3, -0.25) is 4.72 Å². The van der Waals surface area contributed by atoms with Gasteiger partial charge in [0.15, 0.2) is 0 Å². The van der Waals surface area contributed by atoms with Crippen molar-refractivity contribution in [1.29, 1.82) is 0 Å². The van der Waals surface area contributed by atoms with Crippen molar-refractivity contribution in [2.75, 3.05) is 41.7 Å². The van der Waals surface area contributed by atoms with E-state index in [4.69, 9.17) is 0 Å². The Bertz CT molecular complexity index is 814. The summed E-state index contributed by atoms with van der Waals surface area (Å²) >= 11 is 0. The lowest BCUT2D eigenvalue weighted by Crippen LogP contribution is -2.30. The van der Waals surface area contributed by atoms with E-state index in [1.165, 1.54) is 6.42 Å². The summed E-state index contributed by atoms with van der Waals surface area (Å²) in [6.45, 7) is 1.91. The van der Waals surface area contributed by atoms with E-state index >= 15 is 0 Å². The maximum Gasteiger partial charge on any atom is 0.261 e. The molecule has 0 unspecified atom stereocenters. The molecule has 1 aliphatic heterocycles. The molecule has 0 aliphatic carbocycles. The Morgan fingerprint density at radius 2 is 1.64 bits per heavy atom. The van der Waals surface area contributed by atoms with Gasteiger partial charge in [-0.1, -0.05) is 18.2 Å². The van der Waals surface area contributed by atoms with Crippen LogP contribution in [0.3, 0.4) is 0 Å². The van der Waals surface area contributed by atoms with Crippen LogP contribution in [0.25, 0.3) is 0 Å². The highest BCUT2D eigenvalue weighted by Gasteiger charge is 2.20. The Hall–Kier alpha value is -2.21. The molecular formula is C19H25N3O2S. The summed E-state index contributed by atoms with van der Waals surface area (Å²) < 4.78 is 28.2. The highest BCUT2D eigenvalue weighted by atomic mass is 32.2. The third kappa shape index (κ3) is 4.07. The van der Waals surface area contributed by atoms with Crippen LogP contribution in [0.2, 0.25) is 0 Å². The van der Waals surface area contributed by atoms with Crippen LogP contribution >= 0.6 is 0 Å². The number of nitrogens with one attached hydrogen (secondary N) is 1. The Balaban J connectivity index is 1.97. The summed E-state index contributed by atoms with van der Waals surface area (Å²) in [5.41, 5.74) is 2.64. The van der Waals surface area contributed by atoms with Crippen LogP contribution in [0.1, 0.15) is 19.3 Å². The second kappa shape index (κ2) is 7.35. The fourth-order valence-electron chi connectivity index (χ4n) is 3.08. The van der Waals surface area contributed by atoms with Crippen LogP contribution in [-0.2, 0) is 10.0 Å². The highest BCUT2D eigenvalue weighted by Crippen LogP contribution is 2.33. The first-order valence-electron chi connectivity index (χ1n) is 8.61. The average molecular weight is 359 g/mol. The first-order chi connectivity index (χ1) is 12.0. The van der Waals surface area contributed by atoms with E-state index in [9.17, 15) is 8.42 Å². The van der Waals surface area contributed by atoms with Crippen molar-refractivity contribution < 1.29 is 8.42 Å². The molecule has 1 fully saturated rings. The van der Waals surface area contributed by atoms with Crippen molar-refractivity contribution in [3.8, 4) is 0 Å². The fraction of sp³-hybridized carbons (Fsp3) is 0.368. The summed E-state index contributed by atoms with van der Waals surface area (Å²) in [6.07, 6.45) is 3.50. The van der Waals surface area contributed by atoms with Gasteiger partial charge in [0.1, 0.15) is 0 Å². The largest absolute Gasteiger partial charge is 0.378 e. The number of piperidine rings is 1. The Morgan fingerprint density at radius 3 is 2.28 bits per heavy atom. The van der Waals surface area contributed by atoms with Crippen molar-refractivity contribution in [3.05, 3.63) is 48.5 Å². The van der Waals surface area contributed by atoms with Gasteiger partial charge in [0, 0.05) is 32.9 Å². The predicted octanol–water partition coefficient (Wildman–Crippen LogP) is 3.54. The lowest BCUT2D eigenvalue weighted by atomic mass is 10.1. The smallest absolute Gasteiger partial charge is 0.261 e. The van der Waals surface area contributed by atoms with Crippen LogP contribution in [0, 0.1) is 0 Å². The zero-order valence-corrected chi connectivity index (χ0v) is 15.6. The number of sulfonamides is 1. The van der Waals surface area contributed by atoms with E-state index in [2.05, 4.69) is 15.7 Å². The number of hydrogen-bond donors (Lipinski definition) is 1. The minimum atomic E-state index is -3.60. The van der Waals surface area contributed by atoms with Crippen LogP contribution in [-0.4, -0.2) is 35.6 Å². The SMILES string of the molecule is CN(C)c1ccc(NS(=O)(=O)c2ccccc2)c(N2CCCCC2)c1. The molecule has 1 N–H and O–H groups in total. The monoisotopic (exact) mass is 359 g/mol. The van der Waals surface area contributed by atoms with Gasteiger partial charge in [0.25, 0.3) is 10.0 Å². The lowest BCUT2D eigenvalue weighted by molar-refractivity contribution is 0.578. The van der Waals surface area contributed by atoms with Gasteiger partial charge in [0.05, 0.1) is 16.3 Å². The Morgan fingerprint density at radius 1 is 0.960 bits per heavy atom. The molecule has 0 amide bonds. The van der Waals surface area contributed by atoms with E-state index in [0.717, 1.165) is 37.3 Å². The van der Waals surface area contributed by atoms with Gasteiger partial charge in [-0.2, -0.15) is 0 Å². The molecule has 1 aliphatic rings. The van der Waals surface area contributed by atoms with E-state index < -0.39 is 10.0 Å². The molecule has 0 bridgehead atoms. The second-order valence-corrected chi connectivity index (χ2v) is 8.24. The number of nitrogens with zero attached hydrogens (tertiary/aromatic N) is 2. The number of rotatable bonds is 5. The molecular weight excluding hydrogens is 334 g/mol. The number of hydrogen-bond acceptors (Lipinski definition) is 4. The van der Waals surface area contributed by atoms with Gasteiger partial charge in [0.2, 0.25) is 0 Å². The molecule has 1 saturated heterocycles. The van der Waals surface area contributed by atoms with Crippen LogP contribution in [0.5, 0.6) is 0 Å². The molecule has 3 rings (SSSR count). The molecule has 2 aromatic carbocycles. The van der Waals surface area contributed by atoms with Crippen molar-refractivity contribution >= 4 is 27.1 Å². The van der Waals surface area contributed by atoms with Crippen molar-refractivity contribution in [2.45, 2.75) is 24.2 Å². The second-order valence-electron chi connectivity index (χ2n) is 6.56. The fourth-order valence-corrected chi connectivity index (χ4v) is 4.18. The standard InChI is InChI=1S/C19H25N3O2S/c1-21(2)16-11-12-18(19(15-16)22-13-7-4-8-14-22)20-25(23,24)17-9-5-3-6-10-17/h3,5-6,9-12,15,20H,4,7-8,13-14H2,1-2H3. The van der Waals surface area contributed by atoms with E-state index in [1.807, 2.05) is 37.2 Å². The molecule has 0 spiro atoms. The van der Waals surface area contributed by atoms with Crippen molar-refractivity contribution in [1.82, 2.24) is 0 Å². The van der Waals surface area contributed by atoms with Gasteiger partial charge < -0.3 is 9.80 Å². The topological polar surface area (TPSA) is 52.7 Å². The molecule has 6 heteroatoms. The van der Waals surface area contributed by atoms with E-state index in [1.54, 1.807) is 24.3 Å². The van der Waals surface area contributed by atoms with E-state index in [0.29, 0.717) is 5.69 Å². The zero-order valence-electron chi connectivity index (χ0n) is 14.8. The summed E-state index contributed by atoms with van der Waals surface area (Å²) in [5.74, 6) is 0. The van der Waals surface area contributed by atoms with Crippen LogP contribution < -0.4 is 14.5 Å². The predicted molar refractivity (Wildman–Crippen MR) is 104 cm³/mol. The quantitative estimate of drug-likeness (QED) is 0.887. The minimum Gasteiger partial charge on any atom is -0.378 e. The molecule has 134 valence electrons. The Kier molecular flexibility index (Phi) is 5.18. The van der Waals surface area contributed by atoms with Crippen molar-refractivity contribution in [3.63, 3.8) is 0 Å². The summed E-state index contributed by atoms with van der Waals surface area (Å²) in [7, 11) is 0.381. The highest BCUT2D eigenvalue weighted by molar-refractivity contribution is 7.92. The van der Waals surface area contributed by atoms with Gasteiger partial charge in [-0.25, -0.2) is 8.42 Å². The maximum absolute atomic E-state index is 12.7. The first kappa shape index (κ1) is 17.6. The lowest BCUT2D eigenvalue weighted by Gasteiger charge is -2.31. The molecule has 25 heavy (non-hydrogen) atoms. The number of benzene rings is 2. The zero-order chi connectivity index (χ0) is 17.9. The van der Waals surface area contributed by atoms with Crippen molar-refractivity contribution in [2.24, 2.45) is 0 Å². The van der Waals surface area contributed by atoms with Gasteiger partial charge in [-0.15, -0.1) is 0 Å². The minimum absolute atomic E-state index is 0.274. The molecule has 0 aromatic heterocycles. The van der Waals surface area contributed by atoms with Gasteiger partial charge in [-0.05, 0) is 49.6 Å². The average Bonchev–Trinajstić information content (AvgIpc) is 2.63. The van der Waals surface area contributed by atoms with Gasteiger partial charge >= 0.3 is 0 Å². The number of anilines is 3. The molecule has 0 radical (unpaired) electrons. The molecule has 1 heterocycles. The molecule has 0 saturated carbocycles. The summed E-state index contributed by atoms with van der Waals surface area (Å²) in [5, 5.41) is 0. The molecule has 0 atom stereocenters. The van der Waals surface area contributed by atoms with E-state index in [-0.39, 0.29) is 4.90 Å². The summed E-state index contributed by atoms with van der Waals surface area (Å²) in [6, 6.07) is 14.4. The van der Waals surface area contributed by atoms with Crippen LogP contribution in [0.4, 0.5) is 17.1 Å². The third-order valence-electron chi connectivity index (χ3n) is 4.49. The van der Waals surface area contributed by atoms with Crippen LogP contribution in [0.15, 0.2) is 53.4 Å². The normalized spacial score (nSPS) is 15.0. The molecule has 2 aromatic rings. The molecule has 5 nitrogen and oxygen atoms in total. The first-order valence-corrected chi connectivity index (χ1v) is 10.1. The Labute approximate surface area is 150 Å². The maximum atomic E-state index is 12.7.